The van der Waals surface area contributed by atoms with E-state index in [1.54, 1.807) is 35.7 Å². The summed E-state index contributed by atoms with van der Waals surface area (Å²) < 4.78 is 0. The van der Waals surface area contributed by atoms with Crippen LogP contribution < -0.4 is 0 Å². The zero-order valence-corrected chi connectivity index (χ0v) is 17.2. The number of hydrogen-bond donors (Lipinski definition) is 1. The van der Waals surface area contributed by atoms with Crippen molar-refractivity contribution < 1.29 is 14.7 Å². The summed E-state index contributed by atoms with van der Waals surface area (Å²) >= 11 is 7.16. The highest BCUT2D eigenvalue weighted by atomic mass is 35.5. The lowest BCUT2D eigenvalue weighted by Gasteiger charge is -2.05. The molecule has 0 saturated heterocycles. The van der Waals surface area contributed by atoms with Crippen LogP contribution >= 0.6 is 22.9 Å². The normalized spacial score (nSPS) is 10.7. The van der Waals surface area contributed by atoms with Crippen molar-refractivity contribution in [1.29, 1.82) is 0 Å². The van der Waals surface area contributed by atoms with Crippen LogP contribution in [0.2, 0.25) is 5.02 Å². The van der Waals surface area contributed by atoms with Gasteiger partial charge in [-0.15, -0.1) is 11.3 Å². The average molecular weight is 435 g/mol. The van der Waals surface area contributed by atoms with E-state index in [9.17, 15) is 14.7 Å². The number of aromatic nitrogens is 2. The second-order valence-corrected chi connectivity index (χ2v) is 7.89. The van der Waals surface area contributed by atoms with Crippen molar-refractivity contribution in [2.45, 2.75) is 6.42 Å². The van der Waals surface area contributed by atoms with Crippen molar-refractivity contribution in [2.24, 2.45) is 0 Å². The Morgan fingerprint density at radius 1 is 0.967 bits per heavy atom. The van der Waals surface area contributed by atoms with Crippen molar-refractivity contribution in [3.63, 3.8) is 0 Å². The molecule has 148 valence electrons. The standard InChI is InChI=1S/C23H15ClN2O3S/c24-16-8-6-14(7-9-16)17-13-30-20(21(17)23(28)29)12-19(27)22-25-11-10-18(26-22)15-4-2-1-3-5-15/h1-11,13H,12H2,(H,28,29). The Labute approximate surface area is 181 Å². The van der Waals surface area contributed by atoms with Crippen molar-refractivity contribution in [3.05, 3.63) is 93.5 Å². The number of ketones is 1. The minimum atomic E-state index is -1.08. The third kappa shape index (κ3) is 4.15. The van der Waals surface area contributed by atoms with E-state index in [0.717, 1.165) is 11.1 Å². The highest BCUT2D eigenvalue weighted by Crippen LogP contribution is 2.33. The molecule has 1 N–H and O–H groups in total. The smallest absolute Gasteiger partial charge is 0.337 e. The molecule has 4 rings (SSSR count). The number of halogens is 1. The number of benzene rings is 2. The fourth-order valence-corrected chi connectivity index (χ4v) is 4.26. The second-order valence-electron chi connectivity index (χ2n) is 6.49. The summed E-state index contributed by atoms with van der Waals surface area (Å²) in [4.78, 5) is 33.7. The van der Waals surface area contributed by atoms with E-state index in [1.807, 2.05) is 30.3 Å². The largest absolute Gasteiger partial charge is 0.478 e. The van der Waals surface area contributed by atoms with Gasteiger partial charge in [0.25, 0.3) is 0 Å². The Bertz CT molecular complexity index is 1220. The Hall–Kier alpha value is -3.35. The molecule has 2 heterocycles. The monoisotopic (exact) mass is 434 g/mol. The number of carbonyl (C=O) groups is 2. The molecule has 0 saturated carbocycles. The Morgan fingerprint density at radius 2 is 1.70 bits per heavy atom. The van der Waals surface area contributed by atoms with Crippen LogP contribution in [0.15, 0.2) is 72.2 Å². The Morgan fingerprint density at radius 3 is 2.40 bits per heavy atom. The number of hydrogen-bond acceptors (Lipinski definition) is 5. The minimum absolute atomic E-state index is 0.0640. The number of thiophene rings is 1. The van der Waals surface area contributed by atoms with Gasteiger partial charge in [0.2, 0.25) is 5.78 Å². The van der Waals surface area contributed by atoms with Crippen LogP contribution in [0, 0.1) is 0 Å². The van der Waals surface area contributed by atoms with Gasteiger partial charge in [-0.25, -0.2) is 14.8 Å². The molecule has 0 amide bonds. The molecule has 0 unspecified atom stereocenters. The highest BCUT2D eigenvalue weighted by molar-refractivity contribution is 7.11. The SMILES string of the molecule is O=C(Cc1scc(-c2ccc(Cl)cc2)c1C(=O)O)c1nccc(-c2ccccc2)n1. The molecule has 0 bridgehead atoms. The molecule has 0 aliphatic rings. The van der Waals surface area contributed by atoms with E-state index >= 15 is 0 Å². The maximum absolute atomic E-state index is 12.8. The van der Waals surface area contributed by atoms with E-state index in [1.165, 1.54) is 17.5 Å². The fraction of sp³-hybridized carbons (Fsp3) is 0.0435. The predicted molar refractivity (Wildman–Crippen MR) is 117 cm³/mol. The predicted octanol–water partition coefficient (Wildman–Crippen LogP) is 5.65. The summed E-state index contributed by atoms with van der Waals surface area (Å²) in [5, 5.41) is 12.1. The summed E-state index contributed by atoms with van der Waals surface area (Å²) in [7, 11) is 0. The number of aromatic carboxylic acids is 1. The van der Waals surface area contributed by atoms with Gasteiger partial charge in [0, 0.05) is 33.6 Å². The first-order chi connectivity index (χ1) is 14.5. The first-order valence-corrected chi connectivity index (χ1v) is 10.3. The molecule has 5 nitrogen and oxygen atoms in total. The summed E-state index contributed by atoms with van der Waals surface area (Å²) in [6.07, 6.45) is 1.45. The van der Waals surface area contributed by atoms with Crippen LogP contribution in [0.3, 0.4) is 0 Å². The molecule has 30 heavy (non-hydrogen) atoms. The van der Waals surface area contributed by atoms with E-state index in [-0.39, 0.29) is 23.6 Å². The van der Waals surface area contributed by atoms with Gasteiger partial charge in [-0.05, 0) is 29.1 Å². The maximum atomic E-state index is 12.8. The van der Waals surface area contributed by atoms with Gasteiger partial charge in [0.05, 0.1) is 11.3 Å². The number of carbonyl (C=O) groups excluding carboxylic acids is 1. The number of rotatable bonds is 6. The van der Waals surface area contributed by atoms with Crippen molar-refractivity contribution in [3.8, 4) is 22.4 Å². The molecule has 0 radical (unpaired) electrons. The summed E-state index contributed by atoms with van der Waals surface area (Å²) in [6.45, 7) is 0. The lowest BCUT2D eigenvalue weighted by Crippen LogP contribution is -2.11. The quantitative estimate of drug-likeness (QED) is 0.396. The number of carboxylic acids is 1. The zero-order valence-electron chi connectivity index (χ0n) is 15.6. The lowest BCUT2D eigenvalue weighted by molar-refractivity contribution is 0.0697. The molecule has 4 aromatic rings. The van der Waals surface area contributed by atoms with E-state index in [2.05, 4.69) is 9.97 Å². The van der Waals surface area contributed by atoms with Crippen LogP contribution in [0.1, 0.15) is 25.9 Å². The minimum Gasteiger partial charge on any atom is -0.478 e. The second kappa shape index (κ2) is 8.57. The van der Waals surface area contributed by atoms with Crippen LogP contribution in [0.5, 0.6) is 0 Å². The van der Waals surface area contributed by atoms with Crippen LogP contribution in [0.4, 0.5) is 0 Å². The van der Waals surface area contributed by atoms with Gasteiger partial charge < -0.3 is 5.11 Å². The third-order valence-corrected chi connectivity index (χ3v) is 5.77. The zero-order chi connectivity index (χ0) is 21.1. The molecule has 0 aliphatic carbocycles. The molecule has 0 spiro atoms. The topological polar surface area (TPSA) is 80.2 Å². The van der Waals surface area contributed by atoms with Crippen LogP contribution in [-0.4, -0.2) is 26.8 Å². The molecule has 2 aromatic heterocycles. The van der Waals surface area contributed by atoms with E-state index < -0.39 is 5.97 Å². The summed E-state index contributed by atoms with van der Waals surface area (Å²) in [5.74, 6) is -1.35. The van der Waals surface area contributed by atoms with Gasteiger partial charge >= 0.3 is 5.97 Å². The molecular formula is C23H15ClN2O3S. The molecule has 0 atom stereocenters. The van der Waals surface area contributed by atoms with Crippen molar-refractivity contribution in [1.82, 2.24) is 9.97 Å². The van der Waals surface area contributed by atoms with Gasteiger partial charge in [-0.3, -0.25) is 4.79 Å². The molecule has 0 fully saturated rings. The highest BCUT2D eigenvalue weighted by Gasteiger charge is 2.23. The van der Waals surface area contributed by atoms with E-state index in [0.29, 0.717) is 21.2 Å². The summed E-state index contributed by atoms with van der Waals surface area (Å²) in [5.41, 5.74) is 2.93. The average Bonchev–Trinajstić information content (AvgIpc) is 3.19. The van der Waals surface area contributed by atoms with Gasteiger partial charge in [0.15, 0.2) is 5.82 Å². The Balaban J connectivity index is 1.64. The maximum Gasteiger partial charge on any atom is 0.337 e. The number of nitrogens with zero attached hydrogens (tertiary/aromatic N) is 2. The lowest BCUT2D eigenvalue weighted by atomic mass is 10.0. The van der Waals surface area contributed by atoms with E-state index in [4.69, 9.17) is 11.6 Å². The molecule has 7 heteroatoms. The van der Waals surface area contributed by atoms with Crippen molar-refractivity contribution in [2.75, 3.05) is 0 Å². The van der Waals surface area contributed by atoms with Crippen LogP contribution in [-0.2, 0) is 6.42 Å². The van der Waals surface area contributed by atoms with Crippen LogP contribution in [0.25, 0.3) is 22.4 Å². The third-order valence-electron chi connectivity index (χ3n) is 4.53. The fourth-order valence-electron chi connectivity index (χ4n) is 3.09. The van der Waals surface area contributed by atoms with Gasteiger partial charge in [-0.2, -0.15) is 0 Å². The first-order valence-electron chi connectivity index (χ1n) is 9.04. The van der Waals surface area contributed by atoms with Gasteiger partial charge in [0.1, 0.15) is 0 Å². The summed E-state index contributed by atoms with van der Waals surface area (Å²) in [6, 6.07) is 18.1. The first kappa shape index (κ1) is 19.9. The number of Topliss-reactive ketones (excluding diaryl/α,β-unsaturated/α-hetero) is 1. The van der Waals surface area contributed by atoms with Gasteiger partial charge in [-0.1, -0.05) is 54.1 Å². The Kier molecular flexibility index (Phi) is 5.70. The molecular weight excluding hydrogens is 420 g/mol. The molecule has 2 aromatic carbocycles. The molecule has 0 aliphatic heterocycles. The number of carboxylic acid groups (broad SMARTS) is 1. The van der Waals surface area contributed by atoms with Crippen molar-refractivity contribution >= 4 is 34.7 Å².